The average Bonchev–Trinajstić information content (AvgIpc) is 3.10. The lowest BCUT2D eigenvalue weighted by molar-refractivity contribution is -0.132. The summed E-state index contributed by atoms with van der Waals surface area (Å²) in [6.07, 6.45) is 0.679. The van der Waals surface area contributed by atoms with E-state index in [-0.39, 0.29) is 18.1 Å². The van der Waals surface area contributed by atoms with Gasteiger partial charge in [-0.15, -0.1) is 0 Å². The van der Waals surface area contributed by atoms with Crippen molar-refractivity contribution in [3.8, 4) is 22.9 Å². The number of rotatable bonds is 6. The molecule has 1 saturated heterocycles. The van der Waals surface area contributed by atoms with Crippen molar-refractivity contribution in [3.63, 3.8) is 0 Å². The van der Waals surface area contributed by atoms with E-state index in [1.807, 2.05) is 42.3 Å². The molecule has 1 aliphatic rings. The standard InChI is InChI=1S/C24H26F2N4O2/c1-28-12-14-30(15-13-28)22(31)11-9-19-23(17-6-4-3-5-7-17)27-29(2)24(19)32-21-10-8-18(25)16-20(21)26/h3-8,10,16H,9,11-15H2,1-2H3. The van der Waals surface area contributed by atoms with Crippen LogP contribution in [0.2, 0.25) is 0 Å². The fraction of sp³-hybridized carbons (Fsp3) is 0.333. The van der Waals surface area contributed by atoms with Gasteiger partial charge >= 0.3 is 0 Å². The molecule has 0 bridgehead atoms. The van der Waals surface area contributed by atoms with E-state index in [1.54, 1.807) is 7.05 Å². The van der Waals surface area contributed by atoms with Gasteiger partial charge in [0.1, 0.15) is 5.82 Å². The summed E-state index contributed by atoms with van der Waals surface area (Å²) in [5.74, 6) is -1.17. The Morgan fingerprint density at radius 1 is 1.03 bits per heavy atom. The van der Waals surface area contributed by atoms with E-state index in [0.29, 0.717) is 36.6 Å². The first-order valence-electron chi connectivity index (χ1n) is 10.6. The first-order valence-corrected chi connectivity index (χ1v) is 10.6. The average molecular weight is 440 g/mol. The molecule has 1 amide bonds. The summed E-state index contributed by atoms with van der Waals surface area (Å²) < 4.78 is 35.0. The molecule has 1 aliphatic heterocycles. The third-order valence-electron chi connectivity index (χ3n) is 5.68. The molecule has 32 heavy (non-hydrogen) atoms. The number of piperazine rings is 1. The molecular weight excluding hydrogens is 414 g/mol. The maximum atomic E-state index is 14.3. The molecule has 0 N–H and O–H groups in total. The van der Waals surface area contributed by atoms with Crippen molar-refractivity contribution in [2.75, 3.05) is 33.2 Å². The van der Waals surface area contributed by atoms with Gasteiger partial charge in [-0.25, -0.2) is 13.5 Å². The second-order valence-corrected chi connectivity index (χ2v) is 7.98. The molecule has 6 nitrogen and oxygen atoms in total. The van der Waals surface area contributed by atoms with Crippen molar-refractivity contribution in [1.82, 2.24) is 19.6 Å². The van der Waals surface area contributed by atoms with Crippen LogP contribution in [0.5, 0.6) is 11.6 Å². The second kappa shape index (κ2) is 9.48. The topological polar surface area (TPSA) is 50.6 Å². The fourth-order valence-electron chi connectivity index (χ4n) is 3.84. The van der Waals surface area contributed by atoms with Crippen LogP contribution in [0.3, 0.4) is 0 Å². The number of aryl methyl sites for hydroxylation is 1. The molecule has 0 aliphatic carbocycles. The van der Waals surface area contributed by atoms with E-state index < -0.39 is 11.6 Å². The van der Waals surface area contributed by atoms with E-state index in [9.17, 15) is 13.6 Å². The number of aromatic nitrogens is 2. The third-order valence-corrected chi connectivity index (χ3v) is 5.68. The van der Waals surface area contributed by atoms with E-state index in [2.05, 4.69) is 10.00 Å². The van der Waals surface area contributed by atoms with Crippen LogP contribution in [-0.4, -0.2) is 58.7 Å². The zero-order valence-corrected chi connectivity index (χ0v) is 18.2. The Balaban J connectivity index is 1.62. The number of nitrogens with zero attached hydrogens (tertiary/aromatic N) is 4. The van der Waals surface area contributed by atoms with Crippen LogP contribution < -0.4 is 4.74 Å². The first kappa shape index (κ1) is 22.0. The first-order chi connectivity index (χ1) is 15.4. The molecule has 0 spiro atoms. The number of hydrogen-bond acceptors (Lipinski definition) is 4. The molecule has 2 heterocycles. The van der Waals surface area contributed by atoms with Crippen LogP contribution in [0.15, 0.2) is 48.5 Å². The predicted octanol–water partition coefficient (Wildman–Crippen LogP) is 3.86. The Bertz CT molecular complexity index is 1090. The van der Waals surface area contributed by atoms with Crippen LogP contribution in [0.1, 0.15) is 12.0 Å². The van der Waals surface area contributed by atoms with Gasteiger partial charge in [0.2, 0.25) is 11.8 Å². The number of hydrogen-bond donors (Lipinski definition) is 0. The molecule has 168 valence electrons. The molecule has 0 radical (unpaired) electrons. The van der Waals surface area contributed by atoms with Gasteiger partial charge in [0, 0.05) is 56.8 Å². The van der Waals surface area contributed by atoms with Crippen molar-refractivity contribution >= 4 is 5.91 Å². The Labute approximate surface area is 186 Å². The molecule has 4 rings (SSSR count). The van der Waals surface area contributed by atoms with Crippen LogP contribution in [0.25, 0.3) is 11.3 Å². The number of benzene rings is 2. The number of carbonyl (C=O) groups excluding carboxylic acids is 1. The number of ether oxygens (including phenoxy) is 1. The Morgan fingerprint density at radius 3 is 2.44 bits per heavy atom. The Kier molecular flexibility index (Phi) is 6.50. The summed E-state index contributed by atoms with van der Waals surface area (Å²) in [4.78, 5) is 16.9. The Hall–Kier alpha value is -3.26. The van der Waals surface area contributed by atoms with Crippen molar-refractivity contribution in [3.05, 3.63) is 65.7 Å². The highest BCUT2D eigenvalue weighted by molar-refractivity contribution is 5.77. The summed E-state index contributed by atoms with van der Waals surface area (Å²) in [5, 5.41) is 4.59. The minimum atomic E-state index is -0.799. The van der Waals surface area contributed by atoms with Gasteiger partial charge in [-0.3, -0.25) is 4.79 Å². The molecular formula is C24H26F2N4O2. The van der Waals surface area contributed by atoms with Gasteiger partial charge < -0.3 is 14.5 Å². The molecule has 8 heteroatoms. The molecule has 1 fully saturated rings. The normalized spacial score (nSPS) is 14.6. The van der Waals surface area contributed by atoms with Gasteiger partial charge in [-0.2, -0.15) is 5.10 Å². The molecule has 0 saturated carbocycles. The molecule has 0 atom stereocenters. The zero-order chi connectivity index (χ0) is 22.7. The maximum absolute atomic E-state index is 14.3. The minimum Gasteiger partial charge on any atom is -0.436 e. The largest absolute Gasteiger partial charge is 0.436 e. The monoisotopic (exact) mass is 440 g/mol. The van der Waals surface area contributed by atoms with Crippen LogP contribution in [-0.2, 0) is 18.3 Å². The van der Waals surface area contributed by atoms with Crippen LogP contribution in [0.4, 0.5) is 8.78 Å². The highest BCUT2D eigenvalue weighted by Crippen LogP contribution is 2.35. The van der Waals surface area contributed by atoms with E-state index >= 15 is 0 Å². The summed E-state index contributed by atoms with van der Waals surface area (Å²) in [6.45, 7) is 3.12. The van der Waals surface area contributed by atoms with Gasteiger partial charge in [0.05, 0.1) is 5.69 Å². The highest BCUT2D eigenvalue weighted by atomic mass is 19.1. The van der Waals surface area contributed by atoms with Gasteiger partial charge in [-0.05, 0) is 25.6 Å². The smallest absolute Gasteiger partial charge is 0.222 e. The quantitative estimate of drug-likeness (QED) is 0.584. The summed E-state index contributed by atoms with van der Waals surface area (Å²) >= 11 is 0. The van der Waals surface area contributed by atoms with Gasteiger partial charge in [-0.1, -0.05) is 30.3 Å². The minimum absolute atomic E-state index is 0.0693. The lowest BCUT2D eigenvalue weighted by Crippen LogP contribution is -2.47. The third kappa shape index (κ3) is 4.80. The molecule has 1 aromatic heterocycles. The van der Waals surface area contributed by atoms with Crippen molar-refractivity contribution in [1.29, 1.82) is 0 Å². The lowest BCUT2D eigenvalue weighted by Gasteiger charge is -2.32. The number of amides is 1. The summed E-state index contributed by atoms with van der Waals surface area (Å²) in [7, 11) is 3.75. The number of likely N-dealkylation sites (N-methyl/N-ethyl adjacent to an activating group) is 1. The Morgan fingerprint density at radius 2 is 1.75 bits per heavy atom. The van der Waals surface area contributed by atoms with Crippen molar-refractivity contribution in [2.45, 2.75) is 12.8 Å². The summed E-state index contributed by atoms with van der Waals surface area (Å²) in [6, 6.07) is 12.7. The highest BCUT2D eigenvalue weighted by Gasteiger charge is 2.24. The van der Waals surface area contributed by atoms with Crippen molar-refractivity contribution in [2.24, 2.45) is 7.05 Å². The van der Waals surface area contributed by atoms with Gasteiger partial charge in [0.15, 0.2) is 11.6 Å². The zero-order valence-electron chi connectivity index (χ0n) is 18.2. The van der Waals surface area contributed by atoms with E-state index in [0.717, 1.165) is 30.8 Å². The van der Waals surface area contributed by atoms with Crippen LogP contribution >= 0.6 is 0 Å². The SMILES string of the molecule is CN1CCN(C(=O)CCc2c(-c3ccccc3)nn(C)c2Oc2ccc(F)cc2F)CC1. The fourth-order valence-corrected chi connectivity index (χ4v) is 3.84. The lowest BCUT2D eigenvalue weighted by atomic mass is 10.0. The van der Waals surface area contributed by atoms with E-state index in [1.165, 1.54) is 10.7 Å². The predicted molar refractivity (Wildman–Crippen MR) is 117 cm³/mol. The number of carbonyl (C=O) groups is 1. The molecule has 2 aromatic carbocycles. The number of halogens is 2. The van der Waals surface area contributed by atoms with Crippen molar-refractivity contribution < 1.29 is 18.3 Å². The van der Waals surface area contributed by atoms with E-state index in [4.69, 9.17) is 4.74 Å². The maximum Gasteiger partial charge on any atom is 0.222 e. The van der Waals surface area contributed by atoms with Gasteiger partial charge in [0.25, 0.3) is 0 Å². The molecule has 3 aromatic rings. The summed E-state index contributed by atoms with van der Waals surface area (Å²) in [5.41, 5.74) is 2.27. The second-order valence-electron chi connectivity index (χ2n) is 7.98. The van der Waals surface area contributed by atoms with Crippen LogP contribution in [0, 0.1) is 11.6 Å². The molecule has 0 unspecified atom stereocenters.